The topological polar surface area (TPSA) is 63.1 Å². The van der Waals surface area contributed by atoms with Crippen LogP contribution in [0.2, 0.25) is 0 Å². The second-order valence-corrected chi connectivity index (χ2v) is 8.61. The highest BCUT2D eigenvalue weighted by Gasteiger charge is 2.28. The van der Waals surface area contributed by atoms with Crippen molar-refractivity contribution in [1.29, 1.82) is 0 Å². The van der Waals surface area contributed by atoms with E-state index in [1.165, 1.54) is 31.5 Å². The number of fused-ring (bicyclic) bond motifs is 1. The van der Waals surface area contributed by atoms with Crippen LogP contribution < -0.4 is 5.32 Å². The average Bonchev–Trinajstić information content (AvgIpc) is 3.42. The van der Waals surface area contributed by atoms with Gasteiger partial charge in [-0.1, -0.05) is 43.9 Å². The number of para-hydroxylation sites is 1. The van der Waals surface area contributed by atoms with Crippen molar-refractivity contribution in [3.8, 4) is 0 Å². The van der Waals surface area contributed by atoms with Crippen LogP contribution in [0.1, 0.15) is 50.4 Å². The summed E-state index contributed by atoms with van der Waals surface area (Å²) in [6.07, 6.45) is 10.1. The van der Waals surface area contributed by atoms with Gasteiger partial charge < -0.3 is 14.8 Å². The van der Waals surface area contributed by atoms with Crippen LogP contribution in [0, 0.1) is 5.92 Å². The molecule has 3 heterocycles. The Bertz CT molecular complexity index is 1000. The molecule has 0 bridgehead atoms. The van der Waals surface area contributed by atoms with Gasteiger partial charge in [0.25, 0.3) is 0 Å². The fourth-order valence-corrected chi connectivity index (χ4v) is 5.03. The molecule has 6 heteroatoms. The predicted molar refractivity (Wildman–Crippen MR) is 118 cm³/mol. The van der Waals surface area contributed by atoms with Gasteiger partial charge in [-0.2, -0.15) is 0 Å². The Hall–Kier alpha value is -2.89. The van der Waals surface area contributed by atoms with E-state index in [1.54, 1.807) is 0 Å². The Morgan fingerprint density at radius 1 is 1.00 bits per heavy atom. The molecule has 5 rings (SSSR count). The fraction of sp³-hybridized carbons (Fsp3) is 0.458. The van der Waals surface area contributed by atoms with Gasteiger partial charge in [0, 0.05) is 37.4 Å². The summed E-state index contributed by atoms with van der Waals surface area (Å²) in [4.78, 5) is 24.2. The van der Waals surface area contributed by atoms with Crippen molar-refractivity contribution in [3.05, 3.63) is 54.5 Å². The Labute approximate surface area is 177 Å². The maximum absolute atomic E-state index is 12.7. The zero-order valence-electron chi connectivity index (χ0n) is 17.3. The van der Waals surface area contributed by atoms with Gasteiger partial charge in [0.05, 0.1) is 0 Å². The molecule has 30 heavy (non-hydrogen) atoms. The first-order valence-corrected chi connectivity index (χ1v) is 11.2. The molecule has 1 saturated carbocycles. The number of nitrogens with one attached hydrogen (secondary N) is 1. The molecule has 0 unspecified atom stereocenters. The number of nitrogens with zero attached hydrogens (tertiary/aromatic N) is 4. The molecule has 2 amide bonds. The van der Waals surface area contributed by atoms with E-state index in [4.69, 9.17) is 4.98 Å². The van der Waals surface area contributed by atoms with Crippen LogP contribution in [0.4, 0.5) is 10.5 Å². The quantitative estimate of drug-likeness (QED) is 0.664. The van der Waals surface area contributed by atoms with Gasteiger partial charge in [0.15, 0.2) is 5.65 Å². The van der Waals surface area contributed by atoms with Gasteiger partial charge >= 0.3 is 6.03 Å². The third-order valence-electron chi connectivity index (χ3n) is 6.61. The first-order valence-electron chi connectivity index (χ1n) is 11.2. The van der Waals surface area contributed by atoms with E-state index >= 15 is 0 Å². The molecule has 1 aromatic carbocycles. The summed E-state index contributed by atoms with van der Waals surface area (Å²) in [6.45, 7) is 1.50. The molecular formula is C24H29N5O. The molecule has 156 valence electrons. The van der Waals surface area contributed by atoms with E-state index in [9.17, 15) is 4.79 Å². The van der Waals surface area contributed by atoms with Gasteiger partial charge in [0.2, 0.25) is 0 Å². The molecule has 6 nitrogen and oxygen atoms in total. The monoisotopic (exact) mass is 403 g/mol. The summed E-state index contributed by atoms with van der Waals surface area (Å²) in [6, 6.07) is 14.0. The van der Waals surface area contributed by atoms with Gasteiger partial charge in [-0.25, -0.2) is 14.8 Å². The van der Waals surface area contributed by atoms with Crippen LogP contribution in [0.15, 0.2) is 48.7 Å². The van der Waals surface area contributed by atoms with Crippen molar-refractivity contribution >= 4 is 22.9 Å². The van der Waals surface area contributed by atoms with Crippen LogP contribution in [0.3, 0.4) is 0 Å². The number of carbonyl (C=O) groups excluding carboxylic acids is 1. The van der Waals surface area contributed by atoms with E-state index in [1.807, 2.05) is 47.5 Å². The Morgan fingerprint density at radius 2 is 1.77 bits per heavy atom. The molecule has 1 aliphatic heterocycles. The fourth-order valence-electron chi connectivity index (χ4n) is 5.03. The third-order valence-corrected chi connectivity index (χ3v) is 6.61. The van der Waals surface area contributed by atoms with Gasteiger partial charge in [0.1, 0.15) is 11.3 Å². The highest BCUT2D eigenvalue weighted by molar-refractivity contribution is 5.89. The molecule has 1 N–H and O–H groups in total. The van der Waals surface area contributed by atoms with E-state index in [2.05, 4.69) is 20.9 Å². The van der Waals surface area contributed by atoms with Crippen molar-refractivity contribution in [2.75, 3.05) is 18.4 Å². The van der Waals surface area contributed by atoms with E-state index in [0.717, 1.165) is 55.1 Å². The zero-order chi connectivity index (χ0) is 20.3. The summed E-state index contributed by atoms with van der Waals surface area (Å²) in [5, 5.41) is 3.01. The van der Waals surface area contributed by atoms with Crippen molar-refractivity contribution in [2.45, 2.75) is 51.0 Å². The summed E-state index contributed by atoms with van der Waals surface area (Å²) in [5.74, 6) is 1.93. The third kappa shape index (κ3) is 3.91. The van der Waals surface area contributed by atoms with Crippen LogP contribution in [-0.2, 0) is 6.42 Å². The SMILES string of the molecule is O=C(Nc1ccccc1)N1CCC(n2c(CC3CCCC3)nc3cccnc32)CC1. The van der Waals surface area contributed by atoms with E-state index < -0.39 is 0 Å². The van der Waals surface area contributed by atoms with Crippen molar-refractivity contribution in [3.63, 3.8) is 0 Å². The van der Waals surface area contributed by atoms with Crippen molar-refractivity contribution in [1.82, 2.24) is 19.4 Å². The Morgan fingerprint density at radius 3 is 2.53 bits per heavy atom. The van der Waals surface area contributed by atoms with Crippen molar-refractivity contribution in [2.24, 2.45) is 5.92 Å². The summed E-state index contributed by atoms with van der Waals surface area (Å²) in [5.41, 5.74) is 2.83. The minimum Gasteiger partial charge on any atom is -0.324 e. The highest BCUT2D eigenvalue weighted by atomic mass is 16.2. The minimum atomic E-state index is -0.0144. The second-order valence-electron chi connectivity index (χ2n) is 8.61. The number of rotatable bonds is 4. The molecule has 3 aromatic rings. The number of aromatic nitrogens is 3. The highest BCUT2D eigenvalue weighted by Crippen LogP contribution is 2.32. The Balaban J connectivity index is 1.31. The lowest BCUT2D eigenvalue weighted by molar-refractivity contribution is 0.183. The molecule has 2 aromatic heterocycles. The molecular weight excluding hydrogens is 374 g/mol. The number of pyridine rings is 1. The maximum atomic E-state index is 12.7. The lowest BCUT2D eigenvalue weighted by Crippen LogP contribution is -2.41. The summed E-state index contributed by atoms with van der Waals surface area (Å²) in [7, 11) is 0. The first kappa shape index (κ1) is 19.1. The van der Waals surface area contributed by atoms with Crippen LogP contribution in [-0.4, -0.2) is 38.6 Å². The lowest BCUT2D eigenvalue weighted by atomic mass is 10.0. The number of imidazole rings is 1. The Kier molecular flexibility index (Phi) is 5.39. The van der Waals surface area contributed by atoms with Crippen LogP contribution >= 0.6 is 0 Å². The molecule has 1 aliphatic carbocycles. The largest absolute Gasteiger partial charge is 0.324 e. The molecule has 0 atom stereocenters. The number of amides is 2. The number of hydrogen-bond acceptors (Lipinski definition) is 3. The molecule has 2 aliphatic rings. The number of anilines is 1. The van der Waals surface area contributed by atoms with Gasteiger partial charge in [-0.05, 0) is 43.0 Å². The second kappa shape index (κ2) is 8.46. The van der Waals surface area contributed by atoms with E-state index in [-0.39, 0.29) is 6.03 Å². The van der Waals surface area contributed by atoms with Crippen molar-refractivity contribution < 1.29 is 4.79 Å². The molecule has 2 fully saturated rings. The maximum Gasteiger partial charge on any atom is 0.321 e. The van der Waals surface area contributed by atoms with Gasteiger partial charge in [-0.15, -0.1) is 0 Å². The smallest absolute Gasteiger partial charge is 0.321 e. The summed E-state index contributed by atoms with van der Waals surface area (Å²) >= 11 is 0. The number of urea groups is 1. The normalized spacial score (nSPS) is 18.2. The zero-order valence-corrected chi connectivity index (χ0v) is 17.3. The van der Waals surface area contributed by atoms with Crippen LogP contribution in [0.25, 0.3) is 11.2 Å². The number of piperidine rings is 1. The number of likely N-dealkylation sites (tertiary alicyclic amines) is 1. The van der Waals surface area contributed by atoms with E-state index in [0.29, 0.717) is 6.04 Å². The molecule has 1 saturated heterocycles. The van der Waals surface area contributed by atoms with Gasteiger partial charge in [-0.3, -0.25) is 0 Å². The number of hydrogen-bond donors (Lipinski definition) is 1. The minimum absolute atomic E-state index is 0.0144. The summed E-state index contributed by atoms with van der Waals surface area (Å²) < 4.78 is 2.39. The predicted octanol–water partition coefficient (Wildman–Crippen LogP) is 5.03. The number of benzene rings is 1. The lowest BCUT2D eigenvalue weighted by Gasteiger charge is -2.33. The first-order chi connectivity index (χ1) is 14.8. The molecule has 0 radical (unpaired) electrons. The average molecular weight is 404 g/mol. The van der Waals surface area contributed by atoms with Crippen LogP contribution in [0.5, 0.6) is 0 Å². The number of carbonyl (C=O) groups is 1. The molecule has 0 spiro atoms. The standard InChI is InChI=1S/C24H29N5O/c30-24(26-19-9-2-1-3-10-19)28-15-12-20(13-16-28)29-22(17-18-7-4-5-8-18)27-21-11-6-14-25-23(21)29/h1-3,6,9-11,14,18,20H,4-5,7-8,12-13,15-17H2,(H,26,30).